The average Bonchev–Trinajstić information content (AvgIpc) is 3.38. The summed E-state index contributed by atoms with van der Waals surface area (Å²) in [4.78, 5) is 37.5. The van der Waals surface area contributed by atoms with Gasteiger partial charge in [0.25, 0.3) is 6.29 Å². The number of carbonyl (C=O) groups excluding carboxylic acids is 2. The van der Waals surface area contributed by atoms with Gasteiger partial charge >= 0.3 is 17.9 Å². The molecule has 0 saturated heterocycles. The zero-order valence-electron chi connectivity index (χ0n) is 50.5. The van der Waals surface area contributed by atoms with Gasteiger partial charge in [0.2, 0.25) is 0 Å². The van der Waals surface area contributed by atoms with Gasteiger partial charge in [-0.05, 0) is 44.9 Å². The molecule has 0 aromatic carbocycles. The Kier molecular flexibility index (Phi) is 56.2. The summed E-state index contributed by atoms with van der Waals surface area (Å²) in [5.74, 6) is -1.98. The fraction of sp³-hybridized carbons (Fsp3) is 0.894. The molecule has 0 radical (unpaired) electrons. The highest BCUT2D eigenvalue weighted by Gasteiger charge is 2.25. The second-order valence-electron chi connectivity index (χ2n) is 23.4. The first-order chi connectivity index (χ1) is 36.6. The summed E-state index contributed by atoms with van der Waals surface area (Å²) in [6.45, 7) is 4.93. The molecule has 0 bridgehead atoms. The van der Waals surface area contributed by atoms with Gasteiger partial charge in [-0.1, -0.05) is 289 Å². The van der Waals surface area contributed by atoms with E-state index in [0.29, 0.717) is 17.4 Å². The van der Waals surface area contributed by atoms with Crippen LogP contribution >= 0.6 is 0 Å². The van der Waals surface area contributed by atoms with Crippen molar-refractivity contribution in [3.05, 3.63) is 24.3 Å². The van der Waals surface area contributed by atoms with Crippen LogP contribution in [0.1, 0.15) is 322 Å². The van der Waals surface area contributed by atoms with Crippen molar-refractivity contribution in [2.24, 2.45) is 0 Å². The number of esters is 2. The second kappa shape index (κ2) is 57.9. The summed E-state index contributed by atoms with van der Waals surface area (Å²) in [7, 11) is 5.99. The van der Waals surface area contributed by atoms with Crippen molar-refractivity contribution >= 4 is 17.9 Å². The van der Waals surface area contributed by atoms with Crippen LogP contribution < -0.4 is 0 Å². The number of nitrogens with zero attached hydrogens (tertiary/aromatic N) is 1. The predicted molar refractivity (Wildman–Crippen MR) is 318 cm³/mol. The summed E-state index contributed by atoms with van der Waals surface area (Å²) >= 11 is 0. The summed E-state index contributed by atoms with van der Waals surface area (Å²) in [5.41, 5.74) is 0. The van der Waals surface area contributed by atoms with Crippen molar-refractivity contribution in [3.63, 3.8) is 0 Å². The molecule has 0 aliphatic rings. The molecule has 9 nitrogen and oxygen atoms in total. The van der Waals surface area contributed by atoms with Crippen molar-refractivity contribution < 1.29 is 42.9 Å². The van der Waals surface area contributed by atoms with E-state index in [9.17, 15) is 19.5 Å². The molecule has 442 valence electrons. The van der Waals surface area contributed by atoms with Crippen LogP contribution in [0.4, 0.5) is 0 Å². The van der Waals surface area contributed by atoms with E-state index in [1.54, 1.807) is 0 Å². The summed E-state index contributed by atoms with van der Waals surface area (Å²) < 4.78 is 23.0. The molecule has 0 spiro atoms. The molecule has 0 aromatic rings. The van der Waals surface area contributed by atoms with Crippen LogP contribution in [0, 0.1) is 0 Å². The van der Waals surface area contributed by atoms with Crippen LogP contribution in [0.5, 0.6) is 0 Å². The molecule has 0 aliphatic heterocycles. The maximum Gasteiger partial charge on any atom is 0.361 e. The van der Waals surface area contributed by atoms with E-state index in [-0.39, 0.29) is 38.2 Å². The zero-order valence-corrected chi connectivity index (χ0v) is 50.5. The van der Waals surface area contributed by atoms with Gasteiger partial charge in [0.05, 0.1) is 34.4 Å². The van der Waals surface area contributed by atoms with E-state index in [1.165, 1.54) is 250 Å². The van der Waals surface area contributed by atoms with Crippen LogP contribution in [-0.2, 0) is 33.3 Å². The highest BCUT2D eigenvalue weighted by Crippen LogP contribution is 2.18. The monoisotopic (exact) mass is 1060 g/mol. The number of carboxylic acid groups (broad SMARTS) is 1. The summed E-state index contributed by atoms with van der Waals surface area (Å²) in [6, 6.07) is 0. The van der Waals surface area contributed by atoms with Crippen LogP contribution in [-0.4, -0.2) is 87.4 Å². The van der Waals surface area contributed by atoms with E-state index in [1.807, 2.05) is 21.1 Å². The van der Waals surface area contributed by atoms with E-state index >= 15 is 0 Å². The molecule has 1 N–H and O–H groups in total. The Hall–Kier alpha value is -2.23. The number of allylic oxidation sites excluding steroid dienone is 4. The van der Waals surface area contributed by atoms with Gasteiger partial charge < -0.3 is 28.5 Å². The SMILES string of the molecule is CCCCCCC/C=C\C/C=C\CCCCCCCCCCCCCCCCCCCCCC(=O)OC(COC(=O)CCCCCCCCCCCCCCCCCCCCC)COC(OCC[N+](C)(C)C)C(=O)O. The molecule has 0 aromatic heterocycles. The number of carbonyl (C=O) groups is 3. The third-order valence-corrected chi connectivity index (χ3v) is 14.7. The molecule has 0 fully saturated rings. The van der Waals surface area contributed by atoms with Crippen molar-refractivity contribution in [3.8, 4) is 0 Å². The lowest BCUT2D eigenvalue weighted by molar-refractivity contribution is -0.870. The van der Waals surface area contributed by atoms with Crippen molar-refractivity contribution in [1.82, 2.24) is 0 Å². The molecule has 2 atom stereocenters. The molecular formula is C66H126NO8+. The van der Waals surface area contributed by atoms with Gasteiger partial charge in [-0.2, -0.15) is 0 Å². The average molecular weight is 1060 g/mol. The Labute approximate surface area is 465 Å². The topological polar surface area (TPSA) is 108 Å². The van der Waals surface area contributed by atoms with E-state index in [2.05, 4.69) is 38.2 Å². The van der Waals surface area contributed by atoms with Crippen molar-refractivity contribution in [2.45, 2.75) is 334 Å². The van der Waals surface area contributed by atoms with Gasteiger partial charge in [0, 0.05) is 12.8 Å². The minimum atomic E-state index is -1.51. The fourth-order valence-corrected chi connectivity index (χ4v) is 9.70. The summed E-state index contributed by atoms with van der Waals surface area (Å²) in [6.07, 6.45) is 67.0. The number of ether oxygens (including phenoxy) is 4. The first kappa shape index (κ1) is 72.8. The first-order valence-corrected chi connectivity index (χ1v) is 32.5. The number of aliphatic carboxylic acids is 1. The maximum atomic E-state index is 12.9. The molecule has 2 unspecified atom stereocenters. The number of hydrogen-bond donors (Lipinski definition) is 1. The normalized spacial score (nSPS) is 12.8. The number of carboxylic acids is 1. The molecule has 9 heteroatoms. The summed E-state index contributed by atoms with van der Waals surface area (Å²) in [5, 5.41) is 9.72. The van der Waals surface area contributed by atoms with Gasteiger partial charge in [-0.3, -0.25) is 9.59 Å². The number of rotatable bonds is 61. The van der Waals surface area contributed by atoms with Gasteiger partial charge in [-0.25, -0.2) is 4.79 Å². The van der Waals surface area contributed by atoms with Crippen molar-refractivity contribution in [2.75, 3.05) is 47.5 Å². The Morgan fingerprint density at radius 1 is 0.400 bits per heavy atom. The second-order valence-corrected chi connectivity index (χ2v) is 23.4. The van der Waals surface area contributed by atoms with Crippen LogP contribution in [0.2, 0.25) is 0 Å². The minimum absolute atomic E-state index is 0.175. The van der Waals surface area contributed by atoms with Crippen LogP contribution in [0.3, 0.4) is 0 Å². The first-order valence-electron chi connectivity index (χ1n) is 32.5. The van der Waals surface area contributed by atoms with E-state index in [0.717, 1.165) is 44.9 Å². The van der Waals surface area contributed by atoms with Crippen LogP contribution in [0.15, 0.2) is 24.3 Å². The smallest absolute Gasteiger partial charge is 0.361 e. The Morgan fingerprint density at radius 3 is 1.05 bits per heavy atom. The molecule has 0 amide bonds. The molecule has 0 heterocycles. The lowest BCUT2D eigenvalue weighted by atomic mass is 10.0. The lowest BCUT2D eigenvalue weighted by Crippen LogP contribution is -2.40. The van der Waals surface area contributed by atoms with Crippen LogP contribution in [0.25, 0.3) is 0 Å². The number of hydrogen-bond acceptors (Lipinski definition) is 7. The Morgan fingerprint density at radius 2 is 0.720 bits per heavy atom. The zero-order chi connectivity index (χ0) is 54.8. The number of likely N-dealkylation sites (N-methyl/N-ethyl adjacent to an activating group) is 1. The van der Waals surface area contributed by atoms with Gasteiger partial charge in [-0.15, -0.1) is 0 Å². The highest BCUT2D eigenvalue weighted by atomic mass is 16.7. The third-order valence-electron chi connectivity index (χ3n) is 14.7. The molecule has 75 heavy (non-hydrogen) atoms. The molecular weight excluding hydrogens is 935 g/mol. The highest BCUT2D eigenvalue weighted by molar-refractivity contribution is 5.71. The minimum Gasteiger partial charge on any atom is -0.477 e. The fourth-order valence-electron chi connectivity index (χ4n) is 9.70. The standard InChI is InChI=1S/C66H125NO8/c1-6-8-10-12-14-16-18-20-22-24-26-27-28-29-30-31-32-33-34-35-36-37-39-41-43-45-47-49-51-53-55-57-64(69)75-62(61-74-66(65(70)71)72-59-58-67(3,4)5)60-73-63(68)56-54-52-50-48-46-44-42-40-38-25-23-21-19-17-15-13-11-9-7-2/h18,20,24,26,62,66H,6-17,19,21-23,25,27-61H2,1-5H3/p+1/b20-18-,26-24-. The predicted octanol–water partition coefficient (Wildman–Crippen LogP) is 19.5. The molecule has 0 aliphatic carbocycles. The van der Waals surface area contributed by atoms with E-state index < -0.39 is 18.4 Å². The number of unbranched alkanes of at least 4 members (excludes halogenated alkanes) is 42. The number of quaternary nitrogens is 1. The van der Waals surface area contributed by atoms with Crippen molar-refractivity contribution in [1.29, 1.82) is 0 Å². The largest absolute Gasteiger partial charge is 0.477 e. The van der Waals surface area contributed by atoms with E-state index in [4.69, 9.17) is 18.9 Å². The third kappa shape index (κ3) is 59.3. The Balaban J connectivity index is 4.08. The maximum absolute atomic E-state index is 12.9. The molecule has 0 rings (SSSR count). The van der Waals surface area contributed by atoms with Gasteiger partial charge in [0.15, 0.2) is 6.10 Å². The lowest BCUT2D eigenvalue weighted by Gasteiger charge is -2.25. The van der Waals surface area contributed by atoms with Gasteiger partial charge in [0.1, 0.15) is 13.2 Å². The quantitative estimate of drug-likeness (QED) is 0.0211. The Bertz CT molecular complexity index is 1280. The molecule has 0 saturated carbocycles.